The van der Waals surface area contributed by atoms with Crippen molar-refractivity contribution in [2.24, 2.45) is 0 Å². The number of methoxy groups -OCH3 is 1. The minimum Gasteiger partial charge on any atom is -0.490 e. The van der Waals surface area contributed by atoms with Crippen molar-refractivity contribution in [3.63, 3.8) is 0 Å². The summed E-state index contributed by atoms with van der Waals surface area (Å²) < 4.78 is 10.1. The van der Waals surface area contributed by atoms with Crippen LogP contribution in [0.1, 0.15) is 54.0 Å². The van der Waals surface area contributed by atoms with Crippen LogP contribution in [0.25, 0.3) is 0 Å². The number of benzene rings is 2. The van der Waals surface area contributed by atoms with E-state index in [9.17, 15) is 19.7 Å². The largest absolute Gasteiger partial charge is 0.490 e. The number of hydrogen-bond donors (Lipinski definition) is 0. The summed E-state index contributed by atoms with van der Waals surface area (Å²) in [5, 5.41) is 11.1. The first-order chi connectivity index (χ1) is 13.0. The fourth-order valence-electron chi connectivity index (χ4n) is 2.61. The highest BCUT2D eigenvalue weighted by atomic mass is 16.6. The second kappa shape index (κ2) is 8.21. The molecule has 2 aromatic rings. The Morgan fingerprint density at radius 1 is 1.04 bits per heavy atom. The first-order valence-corrected chi connectivity index (χ1v) is 8.72. The number of ether oxygens (including phenoxy) is 2. The van der Waals surface area contributed by atoms with E-state index in [1.54, 1.807) is 12.1 Å². The molecule has 0 spiro atoms. The van der Waals surface area contributed by atoms with E-state index in [0.717, 1.165) is 11.6 Å². The van der Waals surface area contributed by atoms with Crippen molar-refractivity contribution >= 4 is 17.4 Å². The number of carbonyl (C=O) groups is 2. The van der Waals surface area contributed by atoms with Gasteiger partial charge in [0.25, 0.3) is 0 Å². The number of Topliss-reactive ketones (excluding diaryl/α,β-unsaturated/α-hetero) is 1. The predicted molar refractivity (Wildman–Crippen MR) is 104 cm³/mol. The number of ketones is 1. The summed E-state index contributed by atoms with van der Waals surface area (Å²) in [6.45, 7) is 7.68. The summed E-state index contributed by atoms with van der Waals surface area (Å²) in [4.78, 5) is 35.3. The molecule has 2 rings (SSSR count). The van der Waals surface area contributed by atoms with Crippen LogP contribution < -0.4 is 4.74 Å². The van der Waals surface area contributed by atoms with Gasteiger partial charge in [0.05, 0.1) is 17.6 Å². The number of hydrogen-bond acceptors (Lipinski definition) is 6. The molecule has 0 saturated heterocycles. The zero-order valence-corrected chi connectivity index (χ0v) is 16.5. The van der Waals surface area contributed by atoms with E-state index < -0.39 is 17.0 Å². The Balaban J connectivity index is 2.14. The molecule has 0 saturated carbocycles. The number of esters is 1. The molecule has 2 aromatic carbocycles. The van der Waals surface area contributed by atoms with Crippen LogP contribution in [-0.2, 0) is 10.2 Å². The number of carbonyl (C=O) groups excluding carboxylic acids is 2. The van der Waals surface area contributed by atoms with Gasteiger partial charge in [-0.05, 0) is 30.0 Å². The van der Waals surface area contributed by atoms with Crippen LogP contribution in [0.2, 0.25) is 0 Å². The number of rotatable bonds is 6. The molecular formula is C21H23NO6. The van der Waals surface area contributed by atoms with Crippen molar-refractivity contribution in [3.05, 3.63) is 69.3 Å². The van der Waals surface area contributed by atoms with Crippen LogP contribution in [0.3, 0.4) is 0 Å². The van der Waals surface area contributed by atoms with Crippen LogP contribution >= 0.6 is 0 Å². The first-order valence-electron chi connectivity index (χ1n) is 8.72. The standard InChI is InChI=1S/C21H23NO6/c1-13(19(23)14-6-9-16(10-7-14)21(2,3)4)28-20(24)15-8-11-18(27-5)17(12-15)22(25)26/h6-13H,1-5H3/t13-/m1/s1. The van der Waals surface area contributed by atoms with Crippen LogP contribution in [0.4, 0.5) is 5.69 Å². The number of nitro groups is 1. The van der Waals surface area contributed by atoms with E-state index in [0.29, 0.717) is 5.56 Å². The SMILES string of the molecule is COc1ccc(C(=O)O[C@H](C)C(=O)c2ccc(C(C)(C)C)cc2)cc1[N+](=O)[O-]. The lowest BCUT2D eigenvalue weighted by atomic mass is 9.86. The molecular weight excluding hydrogens is 362 g/mol. The molecule has 7 nitrogen and oxygen atoms in total. The summed E-state index contributed by atoms with van der Waals surface area (Å²) in [5.41, 5.74) is 1.08. The molecule has 0 aliphatic carbocycles. The number of nitrogens with zero attached hydrogens (tertiary/aromatic N) is 1. The van der Waals surface area contributed by atoms with Crippen molar-refractivity contribution in [1.82, 2.24) is 0 Å². The van der Waals surface area contributed by atoms with Crippen molar-refractivity contribution in [2.45, 2.75) is 39.2 Å². The lowest BCUT2D eigenvalue weighted by molar-refractivity contribution is -0.385. The molecule has 0 aliphatic rings. The Kier molecular flexibility index (Phi) is 6.18. The molecule has 0 aromatic heterocycles. The van der Waals surface area contributed by atoms with Crippen LogP contribution in [0.15, 0.2) is 42.5 Å². The Hall–Kier alpha value is -3.22. The Morgan fingerprint density at radius 3 is 2.11 bits per heavy atom. The smallest absolute Gasteiger partial charge is 0.339 e. The van der Waals surface area contributed by atoms with E-state index in [1.165, 1.54) is 26.2 Å². The monoisotopic (exact) mass is 385 g/mol. The van der Waals surface area contributed by atoms with Crippen molar-refractivity contribution in [3.8, 4) is 5.75 Å². The third kappa shape index (κ3) is 4.73. The van der Waals surface area contributed by atoms with E-state index in [1.807, 2.05) is 12.1 Å². The van der Waals surface area contributed by atoms with Gasteiger partial charge in [0.1, 0.15) is 0 Å². The first kappa shape index (κ1) is 21.1. The molecule has 0 amide bonds. The van der Waals surface area contributed by atoms with Crippen LogP contribution in [0.5, 0.6) is 5.75 Å². The summed E-state index contributed by atoms with van der Waals surface area (Å²) >= 11 is 0. The van der Waals surface area contributed by atoms with Crippen molar-refractivity contribution < 1.29 is 24.0 Å². The Labute approximate surface area is 163 Å². The molecule has 7 heteroatoms. The lowest BCUT2D eigenvalue weighted by Crippen LogP contribution is -2.24. The summed E-state index contributed by atoms with van der Waals surface area (Å²) in [5.74, 6) is -1.14. The molecule has 0 radical (unpaired) electrons. The third-order valence-electron chi connectivity index (χ3n) is 4.30. The average molecular weight is 385 g/mol. The van der Waals surface area contributed by atoms with E-state index in [-0.39, 0.29) is 28.2 Å². The van der Waals surface area contributed by atoms with Gasteiger partial charge in [0.15, 0.2) is 11.9 Å². The van der Waals surface area contributed by atoms with Crippen molar-refractivity contribution in [2.75, 3.05) is 7.11 Å². The Morgan fingerprint density at radius 2 is 1.61 bits per heavy atom. The molecule has 1 atom stereocenters. The molecule has 28 heavy (non-hydrogen) atoms. The van der Waals surface area contributed by atoms with Crippen LogP contribution in [0, 0.1) is 10.1 Å². The topological polar surface area (TPSA) is 95.7 Å². The highest BCUT2D eigenvalue weighted by molar-refractivity contribution is 6.01. The zero-order chi connectivity index (χ0) is 21.1. The lowest BCUT2D eigenvalue weighted by Gasteiger charge is -2.19. The maximum Gasteiger partial charge on any atom is 0.339 e. The summed E-state index contributed by atoms with van der Waals surface area (Å²) in [7, 11) is 1.30. The van der Waals surface area contributed by atoms with Gasteiger partial charge in [-0.25, -0.2) is 4.79 Å². The molecule has 0 aliphatic heterocycles. The van der Waals surface area contributed by atoms with Gasteiger partial charge in [-0.3, -0.25) is 14.9 Å². The van der Waals surface area contributed by atoms with E-state index in [4.69, 9.17) is 9.47 Å². The second-order valence-corrected chi connectivity index (χ2v) is 7.38. The molecule has 0 N–H and O–H groups in total. The third-order valence-corrected chi connectivity index (χ3v) is 4.30. The number of nitro benzene ring substituents is 1. The molecule has 0 fully saturated rings. The highest BCUT2D eigenvalue weighted by Gasteiger charge is 2.24. The van der Waals surface area contributed by atoms with Gasteiger partial charge in [0.2, 0.25) is 5.78 Å². The molecule has 148 valence electrons. The predicted octanol–water partition coefficient (Wildman–Crippen LogP) is 4.33. The maximum atomic E-state index is 12.5. The second-order valence-electron chi connectivity index (χ2n) is 7.38. The summed E-state index contributed by atoms with van der Waals surface area (Å²) in [6, 6.07) is 10.9. The zero-order valence-electron chi connectivity index (χ0n) is 16.5. The maximum absolute atomic E-state index is 12.5. The van der Waals surface area contributed by atoms with Crippen molar-refractivity contribution in [1.29, 1.82) is 0 Å². The van der Waals surface area contributed by atoms with Gasteiger partial charge in [-0.2, -0.15) is 0 Å². The fourth-order valence-corrected chi connectivity index (χ4v) is 2.61. The van der Waals surface area contributed by atoms with E-state index >= 15 is 0 Å². The minimum absolute atomic E-state index is 0.0320. The van der Waals surface area contributed by atoms with Gasteiger partial charge in [-0.1, -0.05) is 45.0 Å². The average Bonchev–Trinajstić information content (AvgIpc) is 2.66. The van der Waals surface area contributed by atoms with Gasteiger partial charge < -0.3 is 9.47 Å². The summed E-state index contributed by atoms with van der Waals surface area (Å²) in [6.07, 6.45) is -1.03. The van der Waals surface area contributed by atoms with Gasteiger partial charge >= 0.3 is 11.7 Å². The van der Waals surface area contributed by atoms with Gasteiger partial charge in [0, 0.05) is 11.6 Å². The highest BCUT2D eigenvalue weighted by Crippen LogP contribution is 2.28. The minimum atomic E-state index is -1.03. The van der Waals surface area contributed by atoms with Crippen LogP contribution in [-0.4, -0.2) is 29.9 Å². The van der Waals surface area contributed by atoms with E-state index in [2.05, 4.69) is 20.8 Å². The normalized spacial score (nSPS) is 12.2. The Bertz CT molecular complexity index is 896. The molecule has 0 unspecified atom stereocenters. The quantitative estimate of drug-likeness (QED) is 0.318. The molecule has 0 bridgehead atoms. The fraction of sp³-hybridized carbons (Fsp3) is 0.333. The molecule has 0 heterocycles. The van der Waals surface area contributed by atoms with Gasteiger partial charge in [-0.15, -0.1) is 0 Å².